The molecule has 1 saturated heterocycles. The Hall–Kier alpha value is -2.04. The first-order valence-electron chi connectivity index (χ1n) is 7.38. The maximum absolute atomic E-state index is 12.1. The molecule has 21 heavy (non-hydrogen) atoms. The number of nitrogens with zero attached hydrogens (tertiary/aromatic N) is 1. The predicted octanol–water partition coefficient (Wildman–Crippen LogP) is 1.12. The van der Waals surface area contributed by atoms with E-state index >= 15 is 0 Å². The van der Waals surface area contributed by atoms with E-state index in [1.807, 2.05) is 29.2 Å². The van der Waals surface area contributed by atoms with Crippen LogP contribution in [-0.4, -0.2) is 42.5 Å². The molecule has 2 aliphatic rings. The molecule has 0 aromatic heterocycles. The molecule has 0 spiro atoms. The van der Waals surface area contributed by atoms with Crippen molar-refractivity contribution in [3.8, 4) is 5.75 Å². The van der Waals surface area contributed by atoms with Gasteiger partial charge >= 0.3 is 0 Å². The fourth-order valence-corrected chi connectivity index (χ4v) is 2.87. The predicted molar refractivity (Wildman–Crippen MR) is 78.0 cm³/mol. The minimum atomic E-state index is -0.0602. The van der Waals surface area contributed by atoms with Crippen molar-refractivity contribution < 1.29 is 14.3 Å². The molecule has 0 radical (unpaired) electrons. The van der Waals surface area contributed by atoms with E-state index in [0.29, 0.717) is 19.0 Å². The number of hydrogen-bond donors (Lipinski definition) is 1. The Kier molecular flexibility index (Phi) is 3.82. The van der Waals surface area contributed by atoms with Crippen LogP contribution in [0.5, 0.6) is 5.75 Å². The molecule has 1 saturated carbocycles. The molecule has 0 bridgehead atoms. The second kappa shape index (κ2) is 5.76. The van der Waals surface area contributed by atoms with E-state index in [0.717, 1.165) is 24.2 Å². The van der Waals surface area contributed by atoms with Gasteiger partial charge in [0.2, 0.25) is 11.8 Å². The highest BCUT2D eigenvalue weighted by Crippen LogP contribution is 2.30. The van der Waals surface area contributed by atoms with Crippen LogP contribution in [0.1, 0.15) is 24.8 Å². The Balaban J connectivity index is 1.56. The van der Waals surface area contributed by atoms with Gasteiger partial charge < -0.3 is 15.0 Å². The van der Waals surface area contributed by atoms with E-state index in [-0.39, 0.29) is 24.3 Å². The van der Waals surface area contributed by atoms with Gasteiger partial charge in [-0.25, -0.2) is 0 Å². The number of carbonyl (C=O) groups is 2. The largest absolute Gasteiger partial charge is 0.496 e. The van der Waals surface area contributed by atoms with E-state index in [4.69, 9.17) is 4.74 Å². The topological polar surface area (TPSA) is 58.6 Å². The van der Waals surface area contributed by atoms with Gasteiger partial charge in [0, 0.05) is 24.6 Å². The van der Waals surface area contributed by atoms with Gasteiger partial charge in [-0.05, 0) is 18.9 Å². The zero-order valence-electron chi connectivity index (χ0n) is 12.2. The first kappa shape index (κ1) is 13.9. The lowest BCUT2D eigenvalue weighted by Crippen LogP contribution is -2.38. The maximum atomic E-state index is 12.1. The number of benzene rings is 1. The number of amides is 2. The fourth-order valence-electron chi connectivity index (χ4n) is 2.87. The lowest BCUT2D eigenvalue weighted by atomic mass is 10.1. The molecule has 2 fully saturated rings. The van der Waals surface area contributed by atoms with E-state index in [9.17, 15) is 9.59 Å². The molecule has 5 nitrogen and oxygen atoms in total. The van der Waals surface area contributed by atoms with Gasteiger partial charge in [0.25, 0.3) is 0 Å². The quantitative estimate of drug-likeness (QED) is 0.883. The summed E-state index contributed by atoms with van der Waals surface area (Å²) in [6.07, 6.45) is 2.91. The van der Waals surface area contributed by atoms with Crippen LogP contribution in [0.15, 0.2) is 24.3 Å². The van der Waals surface area contributed by atoms with E-state index in [1.165, 1.54) is 0 Å². The number of methoxy groups -OCH3 is 1. The normalized spacial score (nSPS) is 21.5. The van der Waals surface area contributed by atoms with Crippen LogP contribution in [0.2, 0.25) is 0 Å². The Morgan fingerprint density at radius 3 is 2.86 bits per heavy atom. The number of nitrogens with one attached hydrogen (secondary N) is 1. The molecular weight excluding hydrogens is 268 g/mol. The Bertz CT molecular complexity index is 554. The van der Waals surface area contributed by atoms with Gasteiger partial charge in [-0.2, -0.15) is 0 Å². The number of ether oxygens (including phenoxy) is 1. The lowest BCUT2D eigenvalue weighted by molar-refractivity contribution is -0.128. The molecule has 5 heteroatoms. The third-order valence-electron chi connectivity index (χ3n) is 4.05. The van der Waals surface area contributed by atoms with Crippen molar-refractivity contribution in [2.45, 2.75) is 37.8 Å². The second-order valence-corrected chi connectivity index (χ2v) is 5.73. The van der Waals surface area contributed by atoms with Crippen LogP contribution in [0.25, 0.3) is 0 Å². The molecule has 1 aliphatic carbocycles. The number of rotatable bonds is 5. The number of carbonyl (C=O) groups excluding carboxylic acids is 2. The molecule has 1 N–H and O–H groups in total. The molecule has 1 heterocycles. The van der Waals surface area contributed by atoms with E-state index in [2.05, 4.69) is 5.32 Å². The lowest BCUT2D eigenvalue weighted by Gasteiger charge is -2.16. The molecule has 112 valence electrons. The van der Waals surface area contributed by atoms with Crippen LogP contribution >= 0.6 is 0 Å². The van der Waals surface area contributed by atoms with Gasteiger partial charge in [0.1, 0.15) is 5.75 Å². The molecule has 1 unspecified atom stereocenters. The van der Waals surface area contributed by atoms with Gasteiger partial charge in [0.15, 0.2) is 0 Å². The highest BCUT2D eigenvalue weighted by atomic mass is 16.5. The molecule has 3 rings (SSSR count). The standard InChI is InChI=1S/C16H20N2O3/c1-21-14-5-3-2-4-11(14)8-15(19)17-12-9-16(20)18(10-12)13-6-7-13/h2-5,12-13H,6-10H2,1H3,(H,17,19). The average molecular weight is 288 g/mol. The van der Waals surface area contributed by atoms with Crippen LogP contribution in [0.3, 0.4) is 0 Å². The van der Waals surface area contributed by atoms with Gasteiger partial charge in [0.05, 0.1) is 19.6 Å². The Morgan fingerprint density at radius 2 is 2.14 bits per heavy atom. The summed E-state index contributed by atoms with van der Waals surface area (Å²) in [5.74, 6) is 0.824. The van der Waals surface area contributed by atoms with Crippen molar-refractivity contribution in [2.75, 3.05) is 13.7 Å². The fraction of sp³-hybridized carbons (Fsp3) is 0.500. The molecule has 1 aromatic rings. The Labute approximate surface area is 124 Å². The Morgan fingerprint density at radius 1 is 1.38 bits per heavy atom. The van der Waals surface area contributed by atoms with Gasteiger partial charge in [-0.15, -0.1) is 0 Å². The highest BCUT2D eigenvalue weighted by molar-refractivity contribution is 5.83. The summed E-state index contributed by atoms with van der Waals surface area (Å²) in [5.41, 5.74) is 0.862. The second-order valence-electron chi connectivity index (χ2n) is 5.73. The van der Waals surface area contributed by atoms with Crippen molar-refractivity contribution in [1.82, 2.24) is 10.2 Å². The first-order valence-corrected chi connectivity index (χ1v) is 7.38. The summed E-state index contributed by atoms with van der Waals surface area (Å²) < 4.78 is 5.25. The smallest absolute Gasteiger partial charge is 0.225 e. The minimum Gasteiger partial charge on any atom is -0.496 e. The van der Waals surface area contributed by atoms with Crippen LogP contribution in [0.4, 0.5) is 0 Å². The van der Waals surface area contributed by atoms with Crippen molar-refractivity contribution in [2.24, 2.45) is 0 Å². The summed E-state index contributed by atoms with van der Waals surface area (Å²) in [4.78, 5) is 25.9. The SMILES string of the molecule is COc1ccccc1CC(=O)NC1CC(=O)N(C2CC2)C1. The number of likely N-dealkylation sites (tertiary alicyclic amines) is 1. The summed E-state index contributed by atoms with van der Waals surface area (Å²) in [7, 11) is 1.60. The van der Waals surface area contributed by atoms with Crippen molar-refractivity contribution in [1.29, 1.82) is 0 Å². The molecule has 1 aliphatic heterocycles. The van der Waals surface area contributed by atoms with E-state index in [1.54, 1.807) is 7.11 Å². The van der Waals surface area contributed by atoms with Gasteiger partial charge in [-0.3, -0.25) is 9.59 Å². The zero-order valence-corrected chi connectivity index (χ0v) is 12.2. The third kappa shape index (κ3) is 3.17. The van der Waals surface area contributed by atoms with Crippen molar-refractivity contribution in [3.63, 3.8) is 0 Å². The summed E-state index contributed by atoms with van der Waals surface area (Å²) in [6, 6.07) is 7.86. The zero-order chi connectivity index (χ0) is 14.8. The van der Waals surface area contributed by atoms with Gasteiger partial charge in [-0.1, -0.05) is 18.2 Å². The van der Waals surface area contributed by atoms with Crippen molar-refractivity contribution in [3.05, 3.63) is 29.8 Å². The highest BCUT2D eigenvalue weighted by Gasteiger charge is 2.39. The number of hydrogen-bond acceptors (Lipinski definition) is 3. The maximum Gasteiger partial charge on any atom is 0.225 e. The van der Waals surface area contributed by atoms with Crippen LogP contribution in [0, 0.1) is 0 Å². The summed E-state index contributed by atoms with van der Waals surface area (Å²) >= 11 is 0. The first-order chi connectivity index (χ1) is 10.2. The minimum absolute atomic E-state index is 0.0553. The molecular formula is C16H20N2O3. The molecule has 1 aromatic carbocycles. The van der Waals surface area contributed by atoms with Crippen LogP contribution < -0.4 is 10.1 Å². The molecule has 1 atom stereocenters. The average Bonchev–Trinajstić information content (AvgIpc) is 3.24. The monoisotopic (exact) mass is 288 g/mol. The summed E-state index contributed by atoms with van der Waals surface area (Å²) in [5, 5.41) is 2.96. The van der Waals surface area contributed by atoms with E-state index < -0.39 is 0 Å². The summed E-state index contributed by atoms with van der Waals surface area (Å²) in [6.45, 7) is 0.654. The molecule has 2 amide bonds. The van der Waals surface area contributed by atoms with Crippen LogP contribution in [-0.2, 0) is 16.0 Å². The number of para-hydroxylation sites is 1. The van der Waals surface area contributed by atoms with Crippen molar-refractivity contribution >= 4 is 11.8 Å². The third-order valence-corrected chi connectivity index (χ3v) is 4.05.